The summed E-state index contributed by atoms with van der Waals surface area (Å²) in [7, 11) is 2.01. The minimum atomic E-state index is 0. The summed E-state index contributed by atoms with van der Waals surface area (Å²) in [6, 6.07) is 6.61. The van der Waals surface area contributed by atoms with Crippen molar-refractivity contribution >= 4 is 29.9 Å². The first-order valence-corrected chi connectivity index (χ1v) is 6.65. The molecule has 0 bridgehead atoms. The molecule has 3 rings (SSSR count). The maximum atomic E-state index is 5.94. The van der Waals surface area contributed by atoms with E-state index in [1.807, 2.05) is 25.2 Å². The Morgan fingerprint density at radius 1 is 1.35 bits per heavy atom. The first kappa shape index (κ1) is 15.2. The van der Waals surface area contributed by atoms with E-state index < -0.39 is 0 Å². The SMILES string of the molecule is CN(C(N)=NCCc1ccc2c(c1)OCO2)C1CC1.I. The molecule has 0 unspecified atom stereocenters. The number of hydrogen-bond donors (Lipinski definition) is 1. The molecule has 0 aromatic heterocycles. The van der Waals surface area contributed by atoms with Gasteiger partial charge in [0, 0.05) is 19.6 Å². The molecule has 0 atom stereocenters. The van der Waals surface area contributed by atoms with Crippen molar-refractivity contribution in [3.8, 4) is 11.5 Å². The molecule has 1 fully saturated rings. The number of ether oxygens (including phenoxy) is 2. The lowest BCUT2D eigenvalue weighted by Gasteiger charge is -2.16. The monoisotopic (exact) mass is 389 g/mol. The van der Waals surface area contributed by atoms with E-state index in [0.717, 1.165) is 17.9 Å². The fourth-order valence-corrected chi connectivity index (χ4v) is 2.16. The number of benzene rings is 1. The summed E-state index contributed by atoms with van der Waals surface area (Å²) < 4.78 is 10.6. The van der Waals surface area contributed by atoms with Crippen LogP contribution in [-0.2, 0) is 6.42 Å². The van der Waals surface area contributed by atoms with E-state index in [1.165, 1.54) is 18.4 Å². The van der Waals surface area contributed by atoms with Gasteiger partial charge in [-0.05, 0) is 37.0 Å². The number of nitrogens with two attached hydrogens (primary N) is 1. The highest BCUT2D eigenvalue weighted by Crippen LogP contribution is 2.32. The first-order valence-electron chi connectivity index (χ1n) is 6.65. The first-order chi connectivity index (χ1) is 9.24. The number of hydrogen-bond acceptors (Lipinski definition) is 3. The van der Waals surface area contributed by atoms with E-state index in [2.05, 4.69) is 9.89 Å². The van der Waals surface area contributed by atoms with Crippen molar-refractivity contribution in [2.24, 2.45) is 10.7 Å². The van der Waals surface area contributed by atoms with E-state index in [0.29, 0.717) is 25.3 Å². The Hall–Kier alpha value is -1.18. The molecular formula is C14H20IN3O2. The molecule has 2 aliphatic rings. The van der Waals surface area contributed by atoms with Crippen LogP contribution in [0, 0.1) is 0 Å². The van der Waals surface area contributed by atoms with Gasteiger partial charge >= 0.3 is 0 Å². The van der Waals surface area contributed by atoms with E-state index in [1.54, 1.807) is 0 Å². The van der Waals surface area contributed by atoms with Gasteiger partial charge in [-0.15, -0.1) is 24.0 Å². The second kappa shape index (κ2) is 6.51. The second-order valence-electron chi connectivity index (χ2n) is 5.02. The molecule has 1 aliphatic heterocycles. The molecule has 0 radical (unpaired) electrons. The summed E-state index contributed by atoms with van der Waals surface area (Å²) in [5.41, 5.74) is 7.13. The van der Waals surface area contributed by atoms with Crippen LogP contribution in [0.4, 0.5) is 0 Å². The average molecular weight is 389 g/mol. The highest BCUT2D eigenvalue weighted by atomic mass is 127. The third kappa shape index (κ3) is 3.47. The van der Waals surface area contributed by atoms with Crippen molar-refractivity contribution in [3.05, 3.63) is 23.8 Å². The van der Waals surface area contributed by atoms with Gasteiger partial charge in [0.1, 0.15) is 0 Å². The molecule has 110 valence electrons. The topological polar surface area (TPSA) is 60.1 Å². The normalized spacial score (nSPS) is 16.8. The molecular weight excluding hydrogens is 369 g/mol. The zero-order valence-corrected chi connectivity index (χ0v) is 13.9. The summed E-state index contributed by atoms with van der Waals surface area (Å²) in [4.78, 5) is 6.49. The number of fused-ring (bicyclic) bond motifs is 1. The molecule has 6 heteroatoms. The minimum absolute atomic E-state index is 0. The summed E-state index contributed by atoms with van der Waals surface area (Å²) in [6.45, 7) is 1.01. The molecule has 1 aromatic rings. The number of rotatable bonds is 4. The van der Waals surface area contributed by atoms with Gasteiger partial charge in [0.2, 0.25) is 6.79 Å². The van der Waals surface area contributed by atoms with Crippen molar-refractivity contribution in [3.63, 3.8) is 0 Å². The van der Waals surface area contributed by atoms with Crippen LogP contribution in [0.2, 0.25) is 0 Å². The highest BCUT2D eigenvalue weighted by molar-refractivity contribution is 14.0. The van der Waals surface area contributed by atoms with Gasteiger partial charge in [0.15, 0.2) is 17.5 Å². The van der Waals surface area contributed by atoms with Crippen LogP contribution in [0.1, 0.15) is 18.4 Å². The lowest BCUT2D eigenvalue weighted by atomic mass is 10.1. The molecule has 1 aliphatic carbocycles. The van der Waals surface area contributed by atoms with Gasteiger partial charge in [-0.2, -0.15) is 0 Å². The lowest BCUT2D eigenvalue weighted by Crippen LogP contribution is -2.35. The molecule has 2 N–H and O–H groups in total. The fourth-order valence-electron chi connectivity index (χ4n) is 2.16. The number of nitrogens with zero attached hydrogens (tertiary/aromatic N) is 2. The second-order valence-corrected chi connectivity index (χ2v) is 5.02. The standard InChI is InChI=1S/C14H19N3O2.HI/c1-17(11-3-4-11)14(15)16-7-6-10-2-5-12-13(8-10)19-9-18-12;/h2,5,8,11H,3-4,6-7,9H2,1H3,(H2,15,16);1H. The fraction of sp³-hybridized carbons (Fsp3) is 0.500. The predicted molar refractivity (Wildman–Crippen MR) is 89.0 cm³/mol. The van der Waals surface area contributed by atoms with Crippen LogP contribution in [0.5, 0.6) is 11.5 Å². The van der Waals surface area contributed by atoms with Gasteiger partial charge in [-0.1, -0.05) is 6.07 Å². The Morgan fingerprint density at radius 3 is 2.85 bits per heavy atom. The van der Waals surface area contributed by atoms with Gasteiger partial charge in [0.05, 0.1) is 0 Å². The average Bonchev–Trinajstić information content (AvgIpc) is 3.16. The molecule has 1 saturated carbocycles. The number of aliphatic imine (C=N–C) groups is 1. The van der Waals surface area contributed by atoms with Crippen LogP contribution in [-0.4, -0.2) is 37.3 Å². The van der Waals surface area contributed by atoms with Crippen molar-refractivity contribution in [2.45, 2.75) is 25.3 Å². The maximum Gasteiger partial charge on any atom is 0.231 e. The Bertz CT molecular complexity index is 503. The number of halogens is 1. The Labute approximate surface area is 136 Å². The summed E-state index contributed by atoms with van der Waals surface area (Å²) in [5, 5.41) is 0. The Balaban J connectivity index is 0.00000147. The lowest BCUT2D eigenvalue weighted by molar-refractivity contribution is 0.174. The quantitative estimate of drug-likeness (QED) is 0.486. The third-order valence-electron chi connectivity index (χ3n) is 3.57. The van der Waals surface area contributed by atoms with Crippen LogP contribution in [0.15, 0.2) is 23.2 Å². The van der Waals surface area contributed by atoms with Crippen molar-refractivity contribution < 1.29 is 9.47 Å². The molecule has 0 saturated heterocycles. The maximum absolute atomic E-state index is 5.94. The van der Waals surface area contributed by atoms with Gasteiger partial charge in [-0.25, -0.2) is 0 Å². The van der Waals surface area contributed by atoms with E-state index in [-0.39, 0.29) is 24.0 Å². The molecule has 0 spiro atoms. The van der Waals surface area contributed by atoms with Crippen LogP contribution in [0.3, 0.4) is 0 Å². The summed E-state index contributed by atoms with van der Waals surface area (Å²) >= 11 is 0. The predicted octanol–water partition coefficient (Wildman–Crippen LogP) is 1.98. The van der Waals surface area contributed by atoms with E-state index in [4.69, 9.17) is 15.2 Å². The van der Waals surface area contributed by atoms with Crippen LogP contribution in [0.25, 0.3) is 0 Å². The number of guanidine groups is 1. The van der Waals surface area contributed by atoms with Crippen molar-refractivity contribution in [1.82, 2.24) is 4.90 Å². The molecule has 1 heterocycles. The van der Waals surface area contributed by atoms with E-state index in [9.17, 15) is 0 Å². The summed E-state index contributed by atoms with van der Waals surface area (Å²) in [5.74, 6) is 2.29. The summed E-state index contributed by atoms with van der Waals surface area (Å²) in [6.07, 6.45) is 3.32. The van der Waals surface area contributed by atoms with Crippen LogP contribution < -0.4 is 15.2 Å². The van der Waals surface area contributed by atoms with E-state index >= 15 is 0 Å². The highest BCUT2D eigenvalue weighted by Gasteiger charge is 2.27. The zero-order chi connectivity index (χ0) is 13.2. The Kier molecular flexibility index (Phi) is 4.95. The van der Waals surface area contributed by atoms with Gasteiger partial charge in [0.25, 0.3) is 0 Å². The van der Waals surface area contributed by atoms with Crippen molar-refractivity contribution in [2.75, 3.05) is 20.4 Å². The Morgan fingerprint density at radius 2 is 2.10 bits per heavy atom. The van der Waals surface area contributed by atoms with Gasteiger partial charge in [-0.3, -0.25) is 4.99 Å². The smallest absolute Gasteiger partial charge is 0.231 e. The minimum Gasteiger partial charge on any atom is -0.454 e. The van der Waals surface area contributed by atoms with Crippen LogP contribution >= 0.6 is 24.0 Å². The van der Waals surface area contributed by atoms with Gasteiger partial charge < -0.3 is 20.1 Å². The molecule has 1 aromatic carbocycles. The molecule has 20 heavy (non-hydrogen) atoms. The third-order valence-corrected chi connectivity index (χ3v) is 3.57. The molecule has 0 amide bonds. The zero-order valence-electron chi connectivity index (χ0n) is 11.5. The molecule has 5 nitrogen and oxygen atoms in total. The largest absolute Gasteiger partial charge is 0.454 e. The van der Waals surface area contributed by atoms with Crippen molar-refractivity contribution in [1.29, 1.82) is 0 Å².